The highest BCUT2D eigenvalue weighted by molar-refractivity contribution is 8.01. The van der Waals surface area contributed by atoms with Crippen LogP contribution in [0.5, 0.6) is 0 Å². The number of amides is 1. The molecule has 0 spiro atoms. The lowest BCUT2D eigenvalue weighted by Gasteiger charge is -2.44. The van der Waals surface area contributed by atoms with E-state index >= 15 is 0 Å². The molecule has 11 atom stereocenters. The van der Waals surface area contributed by atoms with Gasteiger partial charge < -0.3 is 46.3 Å². The van der Waals surface area contributed by atoms with Gasteiger partial charge in [0.15, 0.2) is 4.34 Å². The first-order valence-corrected chi connectivity index (χ1v) is 16.7. The number of thioether (sulfide) groups is 2. The van der Waals surface area contributed by atoms with Crippen molar-refractivity contribution in [2.75, 3.05) is 25.1 Å². The van der Waals surface area contributed by atoms with Gasteiger partial charge in [0.1, 0.15) is 35.9 Å². The molecule has 0 bridgehead atoms. The van der Waals surface area contributed by atoms with Crippen LogP contribution in [0.4, 0.5) is 5.13 Å². The molecule has 1 aromatic rings. The second-order valence-corrected chi connectivity index (χ2v) is 14.6. The molecule has 8 N–H and O–H groups in total. The van der Waals surface area contributed by atoms with E-state index in [1.807, 2.05) is 6.92 Å². The first kappa shape index (κ1) is 34.3. The lowest BCUT2D eigenvalue weighted by atomic mass is 9.85. The van der Waals surface area contributed by atoms with Gasteiger partial charge >= 0.3 is 0 Å². The smallest absolute Gasteiger partial charge is 0.290 e. The molecule has 0 aliphatic carbocycles. The number of carbonyl (C=O) groups is 2. The molecule has 3 aliphatic heterocycles. The second kappa shape index (κ2) is 16.0. The lowest BCUT2D eigenvalue weighted by molar-refractivity contribution is -0.205. The number of aliphatic hydroxyl groups excluding tert-OH is 3. The number of nitrogens with zero attached hydrogens (tertiary/aromatic N) is 2. The van der Waals surface area contributed by atoms with Crippen molar-refractivity contribution in [2.45, 2.75) is 97.7 Å². The zero-order valence-electron chi connectivity index (χ0n) is 23.7. The first-order chi connectivity index (χ1) is 19.5. The number of hydrogen-bond donors (Lipinski definition) is 7. The number of rotatable bonds is 9. The Morgan fingerprint density at radius 3 is 2.56 bits per heavy atom. The molecule has 16 heteroatoms. The summed E-state index contributed by atoms with van der Waals surface area (Å²) in [7, 11) is 0. The van der Waals surface area contributed by atoms with E-state index < -0.39 is 41.9 Å². The van der Waals surface area contributed by atoms with Gasteiger partial charge in [0.2, 0.25) is 11.0 Å². The van der Waals surface area contributed by atoms with Gasteiger partial charge in [-0.15, -0.1) is 22.0 Å². The van der Waals surface area contributed by atoms with E-state index in [0.717, 1.165) is 19.3 Å². The molecular weight excluding hydrogens is 595 g/mol. The number of nitrogen functional groups attached to an aromatic ring is 1. The molecule has 0 unspecified atom stereocenters. The summed E-state index contributed by atoms with van der Waals surface area (Å²) in [5.74, 6) is 1.21. The van der Waals surface area contributed by atoms with Crippen LogP contribution >= 0.6 is 34.9 Å². The Kier molecular flexibility index (Phi) is 13.4. The molecule has 234 valence electrons. The summed E-state index contributed by atoms with van der Waals surface area (Å²) in [6, 6.07) is -1.26. The minimum atomic E-state index is -1.42. The van der Waals surface area contributed by atoms with Crippen molar-refractivity contribution in [1.29, 1.82) is 0 Å². The van der Waals surface area contributed by atoms with Crippen LogP contribution in [-0.2, 0) is 19.1 Å². The molecule has 4 rings (SSSR count). The van der Waals surface area contributed by atoms with Gasteiger partial charge in [0.25, 0.3) is 6.47 Å². The molecule has 4 heterocycles. The maximum absolute atomic E-state index is 13.7. The molecule has 1 amide bonds. The van der Waals surface area contributed by atoms with Gasteiger partial charge in [-0.25, -0.2) is 0 Å². The van der Waals surface area contributed by atoms with E-state index in [4.69, 9.17) is 25.1 Å². The Morgan fingerprint density at radius 1 is 1.24 bits per heavy atom. The highest BCUT2D eigenvalue weighted by Crippen LogP contribution is 2.36. The fourth-order valence-corrected chi connectivity index (χ4v) is 8.56. The van der Waals surface area contributed by atoms with Crippen LogP contribution < -0.4 is 16.4 Å². The zero-order chi connectivity index (χ0) is 30.3. The maximum atomic E-state index is 13.7. The number of carboxylic acid groups (broad SMARTS) is 1. The van der Waals surface area contributed by atoms with Crippen LogP contribution in [0.1, 0.15) is 40.0 Å². The first-order valence-electron chi connectivity index (χ1n) is 13.7. The van der Waals surface area contributed by atoms with Gasteiger partial charge in [0.05, 0.1) is 12.1 Å². The Labute approximate surface area is 252 Å². The monoisotopic (exact) mass is 637 g/mol. The molecule has 3 saturated heterocycles. The van der Waals surface area contributed by atoms with E-state index in [1.165, 1.54) is 34.9 Å². The number of ether oxygens (including phenoxy) is 2. The molecule has 13 nitrogen and oxygen atoms in total. The van der Waals surface area contributed by atoms with Crippen molar-refractivity contribution in [2.24, 2.45) is 17.8 Å². The van der Waals surface area contributed by atoms with Crippen LogP contribution in [0.3, 0.4) is 0 Å². The summed E-state index contributed by atoms with van der Waals surface area (Å²) in [5, 5.41) is 53.2. The highest BCUT2D eigenvalue weighted by Gasteiger charge is 2.50. The minimum absolute atomic E-state index is 0.234. The summed E-state index contributed by atoms with van der Waals surface area (Å²) in [6.45, 7) is 7.45. The quantitative estimate of drug-likeness (QED) is 0.144. The number of hydrogen-bond acceptors (Lipinski definition) is 14. The second-order valence-electron chi connectivity index (χ2n) is 11.0. The highest BCUT2D eigenvalue weighted by atomic mass is 32.2. The van der Waals surface area contributed by atoms with Gasteiger partial charge in [-0.1, -0.05) is 43.9 Å². The van der Waals surface area contributed by atoms with Crippen LogP contribution in [0.25, 0.3) is 0 Å². The zero-order valence-corrected chi connectivity index (χ0v) is 26.1. The number of aromatic nitrogens is 2. The normalized spacial score (nSPS) is 35.0. The van der Waals surface area contributed by atoms with Crippen LogP contribution in [0.15, 0.2) is 4.34 Å². The number of nitrogens with two attached hydrogens (primary N) is 1. The van der Waals surface area contributed by atoms with Gasteiger partial charge in [-0.3, -0.25) is 9.59 Å². The molecular formula is C25H43N5O8S3. The number of fused-ring (bicyclic) bond motifs is 1. The van der Waals surface area contributed by atoms with E-state index in [1.54, 1.807) is 6.26 Å². The van der Waals surface area contributed by atoms with Crippen molar-refractivity contribution in [3.05, 3.63) is 0 Å². The predicted octanol–water partition coefficient (Wildman–Crippen LogP) is 0.386. The predicted molar refractivity (Wildman–Crippen MR) is 158 cm³/mol. The largest absolute Gasteiger partial charge is 0.483 e. The van der Waals surface area contributed by atoms with Crippen molar-refractivity contribution < 1.29 is 39.5 Å². The maximum Gasteiger partial charge on any atom is 0.290 e. The molecule has 1 aromatic heterocycles. The number of aliphatic hydroxyl groups is 3. The average molecular weight is 638 g/mol. The van der Waals surface area contributed by atoms with Gasteiger partial charge in [0, 0.05) is 18.4 Å². The lowest BCUT2D eigenvalue weighted by Crippen LogP contribution is -2.65. The van der Waals surface area contributed by atoms with Crippen molar-refractivity contribution in [3.8, 4) is 0 Å². The van der Waals surface area contributed by atoms with Gasteiger partial charge in [-0.05, 0) is 43.3 Å². The summed E-state index contributed by atoms with van der Waals surface area (Å²) >= 11 is 3.81. The van der Waals surface area contributed by atoms with E-state index in [-0.39, 0.29) is 29.7 Å². The third-order valence-electron chi connectivity index (χ3n) is 7.67. The van der Waals surface area contributed by atoms with Crippen LogP contribution in [0.2, 0.25) is 0 Å². The third-order valence-corrected chi connectivity index (χ3v) is 10.6. The molecule has 0 saturated carbocycles. The standard InChI is InChI=1S/C24H41N5O6S3.CH2O2/c1-10(2)7-12-5-6-34-19-13(8-12)9-26-15(19)21(33)27-14(11(3)37-24-29-28-23(25)38-24)20-17(31)16(30)18(32)22(35-20)36-4;2-1-3/h10-20,22,26,30-32H,5-9H2,1-4H3,(H2,25,28)(H,27,33);1H,(H,2,3)/t11-,12-,13-,14+,15-,16-,17+,18+,19+,20+,22+;/m0./s1. The van der Waals surface area contributed by atoms with Crippen LogP contribution in [-0.4, -0.2) is 116 Å². The Hall–Kier alpha value is -1.24. The van der Waals surface area contributed by atoms with Crippen molar-refractivity contribution in [3.63, 3.8) is 0 Å². The van der Waals surface area contributed by atoms with E-state index in [0.29, 0.717) is 34.5 Å². The van der Waals surface area contributed by atoms with E-state index in [9.17, 15) is 20.1 Å². The van der Waals surface area contributed by atoms with E-state index in [2.05, 4.69) is 34.7 Å². The minimum Gasteiger partial charge on any atom is -0.483 e. The van der Waals surface area contributed by atoms with Gasteiger partial charge in [-0.2, -0.15) is 0 Å². The number of carbonyl (C=O) groups excluding carboxylic acids is 1. The summed E-state index contributed by atoms with van der Waals surface area (Å²) in [4.78, 5) is 22.1. The fraction of sp³-hybridized carbons (Fsp3) is 0.840. The fourth-order valence-electron chi connectivity index (χ4n) is 5.86. The molecule has 41 heavy (non-hydrogen) atoms. The number of anilines is 1. The van der Waals surface area contributed by atoms with Crippen molar-refractivity contribution in [1.82, 2.24) is 20.8 Å². The average Bonchev–Trinajstić information content (AvgIpc) is 3.46. The summed E-state index contributed by atoms with van der Waals surface area (Å²) in [6.07, 6.45) is -0.353. The molecule has 0 radical (unpaired) electrons. The molecule has 3 aliphatic rings. The summed E-state index contributed by atoms with van der Waals surface area (Å²) in [5.41, 5.74) is 4.99. The Bertz CT molecular complexity index is 975. The molecule has 3 fully saturated rings. The number of nitrogens with one attached hydrogen (secondary N) is 2. The summed E-state index contributed by atoms with van der Waals surface area (Å²) < 4.78 is 12.9. The van der Waals surface area contributed by atoms with Crippen molar-refractivity contribution >= 4 is 52.4 Å². The SMILES string of the molecule is CS[C@H]1O[C@H]([C@H](NC(=O)[C@H]2NC[C@@H]3C[C@H](CC(C)C)CCO[C@H]32)[C@H](C)Sc2nnc(N)s2)[C@H](O)[C@H](O)[C@H]1O.O=CO. The third kappa shape index (κ3) is 8.89. The molecule has 0 aromatic carbocycles. The topological polar surface area (TPSA) is 209 Å². The Balaban J connectivity index is 0.00000147. The van der Waals surface area contributed by atoms with Crippen LogP contribution in [0, 0.1) is 17.8 Å². The Morgan fingerprint density at radius 2 is 1.95 bits per heavy atom.